The molecule has 0 amide bonds. The Morgan fingerprint density at radius 2 is 1.62 bits per heavy atom. The van der Waals surface area contributed by atoms with Crippen LogP contribution in [0.3, 0.4) is 0 Å². The van der Waals surface area contributed by atoms with Gasteiger partial charge in [-0.15, -0.1) is 0 Å². The standard InChI is InChI=1S/C26H23NO2/c28-26(29)21-11-5-4-10-20(21)17-27-24-13-7-6-12-22(24)23-15-14-19(16-25(23)27)18-8-2-1-3-9-18/h1-5,8-11,14-16H,6-7,12-13,17H2,(H,28,29). The number of carbonyl (C=O) groups is 1. The second kappa shape index (κ2) is 7.25. The van der Waals surface area contributed by atoms with E-state index in [2.05, 4.69) is 47.0 Å². The van der Waals surface area contributed by atoms with Crippen LogP contribution in [0.1, 0.15) is 40.0 Å². The van der Waals surface area contributed by atoms with Crippen LogP contribution in [-0.2, 0) is 19.4 Å². The molecule has 5 rings (SSSR count). The van der Waals surface area contributed by atoms with E-state index in [1.54, 1.807) is 12.1 Å². The van der Waals surface area contributed by atoms with Crippen molar-refractivity contribution in [1.82, 2.24) is 4.57 Å². The predicted octanol–water partition coefficient (Wildman–Crippen LogP) is 5.93. The second-order valence-corrected chi connectivity index (χ2v) is 7.78. The Morgan fingerprint density at radius 1 is 0.862 bits per heavy atom. The highest BCUT2D eigenvalue weighted by Crippen LogP contribution is 2.35. The van der Waals surface area contributed by atoms with Crippen molar-refractivity contribution in [3.8, 4) is 11.1 Å². The first-order valence-corrected chi connectivity index (χ1v) is 10.2. The van der Waals surface area contributed by atoms with Crippen LogP contribution >= 0.6 is 0 Å². The SMILES string of the molecule is O=C(O)c1ccccc1Cn1c2c(c3ccc(-c4ccccc4)cc31)CCCC2. The Kier molecular flexibility index (Phi) is 4.44. The van der Waals surface area contributed by atoms with Gasteiger partial charge in [-0.05, 0) is 60.1 Å². The van der Waals surface area contributed by atoms with Crippen molar-refractivity contribution in [1.29, 1.82) is 0 Å². The first kappa shape index (κ1) is 17.7. The predicted molar refractivity (Wildman–Crippen MR) is 117 cm³/mol. The van der Waals surface area contributed by atoms with Crippen LogP contribution in [-0.4, -0.2) is 15.6 Å². The minimum absolute atomic E-state index is 0.387. The quantitative estimate of drug-likeness (QED) is 0.476. The molecular weight excluding hydrogens is 358 g/mol. The normalized spacial score (nSPS) is 13.4. The van der Waals surface area contributed by atoms with Crippen molar-refractivity contribution < 1.29 is 9.90 Å². The Bertz CT molecular complexity index is 1200. The summed E-state index contributed by atoms with van der Waals surface area (Å²) in [6.45, 7) is 0.590. The zero-order chi connectivity index (χ0) is 19.8. The number of aromatic nitrogens is 1. The third-order valence-electron chi connectivity index (χ3n) is 6.06. The first-order chi connectivity index (χ1) is 14.2. The molecule has 0 aliphatic heterocycles. The minimum atomic E-state index is -0.865. The van der Waals surface area contributed by atoms with Gasteiger partial charge in [0.15, 0.2) is 0 Å². The van der Waals surface area contributed by atoms with Crippen LogP contribution in [0.5, 0.6) is 0 Å². The topological polar surface area (TPSA) is 42.2 Å². The summed E-state index contributed by atoms with van der Waals surface area (Å²) in [6, 6.07) is 24.5. The molecular formula is C26H23NO2. The van der Waals surface area contributed by atoms with Crippen LogP contribution < -0.4 is 0 Å². The lowest BCUT2D eigenvalue weighted by atomic mass is 9.95. The number of hydrogen-bond donors (Lipinski definition) is 1. The van der Waals surface area contributed by atoms with E-state index >= 15 is 0 Å². The number of aromatic carboxylic acids is 1. The van der Waals surface area contributed by atoms with Gasteiger partial charge in [0.25, 0.3) is 0 Å². The van der Waals surface area contributed by atoms with Gasteiger partial charge in [0.1, 0.15) is 0 Å². The fourth-order valence-corrected chi connectivity index (χ4v) is 4.66. The largest absolute Gasteiger partial charge is 0.478 e. The summed E-state index contributed by atoms with van der Waals surface area (Å²) in [5, 5.41) is 10.9. The third kappa shape index (κ3) is 3.13. The second-order valence-electron chi connectivity index (χ2n) is 7.78. The van der Waals surface area contributed by atoms with E-state index in [-0.39, 0.29) is 0 Å². The molecule has 1 heterocycles. The zero-order valence-electron chi connectivity index (χ0n) is 16.3. The fraction of sp³-hybridized carbons (Fsp3) is 0.192. The van der Waals surface area contributed by atoms with Gasteiger partial charge in [-0.2, -0.15) is 0 Å². The highest BCUT2D eigenvalue weighted by molar-refractivity contribution is 5.91. The van der Waals surface area contributed by atoms with Crippen molar-refractivity contribution in [2.24, 2.45) is 0 Å². The van der Waals surface area contributed by atoms with Gasteiger partial charge in [0.05, 0.1) is 5.56 Å². The Hall–Kier alpha value is -3.33. The minimum Gasteiger partial charge on any atom is -0.478 e. The van der Waals surface area contributed by atoms with E-state index in [9.17, 15) is 9.90 Å². The van der Waals surface area contributed by atoms with E-state index in [1.165, 1.54) is 46.1 Å². The number of nitrogens with zero attached hydrogens (tertiary/aromatic N) is 1. The average molecular weight is 381 g/mol. The van der Waals surface area contributed by atoms with Crippen molar-refractivity contribution in [2.75, 3.05) is 0 Å². The lowest BCUT2D eigenvalue weighted by molar-refractivity contribution is 0.0695. The summed E-state index contributed by atoms with van der Waals surface area (Å²) in [5.74, 6) is -0.865. The molecule has 3 heteroatoms. The molecule has 0 atom stereocenters. The molecule has 3 aromatic carbocycles. The molecule has 1 aliphatic rings. The number of benzene rings is 3. The van der Waals surface area contributed by atoms with Gasteiger partial charge >= 0.3 is 5.97 Å². The Morgan fingerprint density at radius 3 is 2.45 bits per heavy atom. The summed E-state index contributed by atoms with van der Waals surface area (Å²) >= 11 is 0. The van der Waals surface area contributed by atoms with Crippen LogP contribution in [0.4, 0.5) is 0 Å². The molecule has 0 unspecified atom stereocenters. The Balaban J connectivity index is 1.70. The number of fused-ring (bicyclic) bond motifs is 3. The lowest BCUT2D eigenvalue weighted by Crippen LogP contribution is -2.12. The van der Waals surface area contributed by atoms with E-state index in [1.807, 2.05) is 18.2 Å². The maximum atomic E-state index is 11.7. The molecule has 29 heavy (non-hydrogen) atoms. The van der Waals surface area contributed by atoms with Gasteiger partial charge in [-0.25, -0.2) is 4.79 Å². The number of carboxylic acid groups (broad SMARTS) is 1. The van der Waals surface area contributed by atoms with Gasteiger partial charge < -0.3 is 9.67 Å². The average Bonchev–Trinajstić information content (AvgIpc) is 3.08. The molecule has 1 aromatic heterocycles. The third-order valence-corrected chi connectivity index (χ3v) is 6.06. The van der Waals surface area contributed by atoms with E-state index in [0.717, 1.165) is 18.4 Å². The van der Waals surface area contributed by atoms with Crippen LogP contribution in [0, 0.1) is 0 Å². The molecule has 0 radical (unpaired) electrons. The van der Waals surface area contributed by atoms with Crippen LogP contribution in [0.25, 0.3) is 22.0 Å². The van der Waals surface area contributed by atoms with E-state index in [4.69, 9.17) is 0 Å². The molecule has 1 aliphatic carbocycles. The summed E-state index contributed by atoms with van der Waals surface area (Å²) in [7, 11) is 0. The van der Waals surface area contributed by atoms with Crippen molar-refractivity contribution in [2.45, 2.75) is 32.2 Å². The molecule has 3 nitrogen and oxygen atoms in total. The van der Waals surface area contributed by atoms with Gasteiger partial charge in [-0.1, -0.05) is 60.7 Å². The lowest BCUT2D eigenvalue weighted by Gasteiger charge is -2.17. The van der Waals surface area contributed by atoms with E-state index in [0.29, 0.717) is 12.1 Å². The summed E-state index contributed by atoms with van der Waals surface area (Å²) in [6.07, 6.45) is 4.57. The van der Waals surface area contributed by atoms with Crippen molar-refractivity contribution in [3.63, 3.8) is 0 Å². The van der Waals surface area contributed by atoms with Crippen LogP contribution in [0.15, 0.2) is 72.8 Å². The van der Waals surface area contributed by atoms with Gasteiger partial charge in [0.2, 0.25) is 0 Å². The molecule has 144 valence electrons. The van der Waals surface area contributed by atoms with Crippen LogP contribution in [0.2, 0.25) is 0 Å². The molecule has 4 aromatic rings. The number of carboxylic acids is 1. The summed E-state index contributed by atoms with van der Waals surface area (Å²) in [5.41, 5.74) is 7.66. The van der Waals surface area contributed by atoms with Crippen molar-refractivity contribution >= 4 is 16.9 Å². The van der Waals surface area contributed by atoms with Crippen molar-refractivity contribution in [3.05, 3.63) is 95.2 Å². The van der Waals surface area contributed by atoms with Gasteiger partial charge in [-0.3, -0.25) is 0 Å². The molecule has 1 N–H and O–H groups in total. The summed E-state index contributed by atoms with van der Waals surface area (Å²) < 4.78 is 2.36. The molecule has 0 spiro atoms. The number of hydrogen-bond acceptors (Lipinski definition) is 1. The highest BCUT2D eigenvalue weighted by Gasteiger charge is 2.21. The maximum Gasteiger partial charge on any atom is 0.336 e. The monoisotopic (exact) mass is 381 g/mol. The molecule has 0 bridgehead atoms. The number of aryl methyl sites for hydroxylation is 1. The molecule has 0 saturated heterocycles. The smallest absolute Gasteiger partial charge is 0.336 e. The molecule has 0 fully saturated rings. The fourth-order valence-electron chi connectivity index (χ4n) is 4.66. The first-order valence-electron chi connectivity index (χ1n) is 10.2. The molecule has 0 saturated carbocycles. The van der Waals surface area contributed by atoms with E-state index < -0.39 is 5.97 Å². The zero-order valence-corrected chi connectivity index (χ0v) is 16.3. The summed E-state index contributed by atoms with van der Waals surface area (Å²) in [4.78, 5) is 11.7. The Labute approximate surface area is 170 Å². The highest BCUT2D eigenvalue weighted by atomic mass is 16.4. The number of rotatable bonds is 4. The van der Waals surface area contributed by atoms with Gasteiger partial charge in [0, 0.05) is 23.1 Å². The maximum absolute atomic E-state index is 11.7.